The summed E-state index contributed by atoms with van der Waals surface area (Å²) < 4.78 is 27.6. The molecule has 1 aliphatic rings. The minimum absolute atomic E-state index is 0.0457. The first-order chi connectivity index (χ1) is 14.0. The van der Waals surface area contributed by atoms with Gasteiger partial charge in [-0.15, -0.1) is 11.3 Å². The highest BCUT2D eigenvalue weighted by atomic mass is 32.2. The first-order valence-corrected chi connectivity index (χ1v) is 12.0. The zero-order valence-corrected chi connectivity index (χ0v) is 17.7. The molecule has 2 aromatic rings. The lowest BCUT2D eigenvalue weighted by atomic mass is 10.2. The lowest BCUT2D eigenvalue weighted by molar-refractivity contribution is -0.130. The Hall–Kier alpha value is -2.23. The topological polar surface area (TPSA) is 95.6 Å². The van der Waals surface area contributed by atoms with Gasteiger partial charge in [-0.25, -0.2) is 13.1 Å². The second-order valence-electron chi connectivity index (χ2n) is 6.88. The molecular formula is C20H25N3O4S2. The van der Waals surface area contributed by atoms with Crippen LogP contribution in [0.25, 0.3) is 0 Å². The third kappa shape index (κ3) is 6.12. The van der Waals surface area contributed by atoms with Crippen molar-refractivity contribution in [2.24, 2.45) is 0 Å². The maximum absolute atomic E-state index is 12.5. The van der Waals surface area contributed by atoms with Crippen LogP contribution < -0.4 is 10.0 Å². The highest BCUT2D eigenvalue weighted by molar-refractivity contribution is 7.89. The summed E-state index contributed by atoms with van der Waals surface area (Å²) in [6, 6.07) is 9.66. The first kappa shape index (κ1) is 21.5. The van der Waals surface area contributed by atoms with E-state index < -0.39 is 10.0 Å². The Bertz CT molecular complexity index is 942. The molecule has 0 spiro atoms. The Balaban J connectivity index is 1.56. The van der Waals surface area contributed by atoms with E-state index in [0.717, 1.165) is 30.7 Å². The van der Waals surface area contributed by atoms with Crippen molar-refractivity contribution in [2.75, 3.05) is 19.6 Å². The third-order valence-electron chi connectivity index (χ3n) is 4.76. The summed E-state index contributed by atoms with van der Waals surface area (Å²) in [7, 11) is -3.72. The van der Waals surface area contributed by atoms with Crippen molar-refractivity contribution in [3.8, 4) is 0 Å². The predicted molar refractivity (Wildman–Crippen MR) is 112 cm³/mol. The largest absolute Gasteiger partial charge is 0.350 e. The number of sulfonamides is 1. The molecule has 1 aliphatic heterocycles. The number of hydrogen-bond acceptors (Lipinski definition) is 5. The summed E-state index contributed by atoms with van der Waals surface area (Å²) in [6.07, 6.45) is 3.52. The molecule has 1 aromatic heterocycles. The Labute approximate surface area is 175 Å². The van der Waals surface area contributed by atoms with Gasteiger partial charge < -0.3 is 10.2 Å². The molecule has 29 heavy (non-hydrogen) atoms. The molecule has 0 atom stereocenters. The van der Waals surface area contributed by atoms with Gasteiger partial charge in [0.2, 0.25) is 15.9 Å². The van der Waals surface area contributed by atoms with Crippen molar-refractivity contribution >= 4 is 33.2 Å². The van der Waals surface area contributed by atoms with Gasteiger partial charge in [0, 0.05) is 43.0 Å². The summed E-state index contributed by atoms with van der Waals surface area (Å²) in [5.41, 5.74) is 0.270. The molecule has 0 unspecified atom stereocenters. The number of carbonyl (C=O) groups is 2. The van der Waals surface area contributed by atoms with Crippen LogP contribution >= 0.6 is 11.3 Å². The smallest absolute Gasteiger partial charge is 0.251 e. The van der Waals surface area contributed by atoms with Crippen molar-refractivity contribution in [1.29, 1.82) is 0 Å². The highest BCUT2D eigenvalue weighted by Crippen LogP contribution is 2.14. The molecule has 7 nitrogen and oxygen atoms in total. The van der Waals surface area contributed by atoms with Gasteiger partial charge >= 0.3 is 0 Å². The van der Waals surface area contributed by atoms with E-state index >= 15 is 0 Å². The molecule has 156 valence electrons. The zero-order valence-electron chi connectivity index (χ0n) is 16.1. The molecular weight excluding hydrogens is 410 g/mol. The summed E-state index contributed by atoms with van der Waals surface area (Å²) in [4.78, 5) is 27.2. The van der Waals surface area contributed by atoms with Crippen molar-refractivity contribution in [3.63, 3.8) is 0 Å². The van der Waals surface area contributed by atoms with E-state index in [1.165, 1.54) is 23.5 Å². The maximum Gasteiger partial charge on any atom is 0.251 e. The van der Waals surface area contributed by atoms with Gasteiger partial charge in [0.25, 0.3) is 5.91 Å². The van der Waals surface area contributed by atoms with Gasteiger partial charge in [0.1, 0.15) is 0 Å². The van der Waals surface area contributed by atoms with Crippen LogP contribution in [0.4, 0.5) is 0 Å². The maximum atomic E-state index is 12.5. The molecule has 1 fully saturated rings. The van der Waals surface area contributed by atoms with Gasteiger partial charge in [-0.2, -0.15) is 0 Å². The van der Waals surface area contributed by atoms with Crippen LogP contribution in [0.15, 0.2) is 46.7 Å². The van der Waals surface area contributed by atoms with E-state index in [2.05, 4.69) is 10.0 Å². The molecule has 0 aliphatic carbocycles. The van der Waals surface area contributed by atoms with Crippen LogP contribution in [-0.4, -0.2) is 44.8 Å². The number of rotatable bonds is 8. The van der Waals surface area contributed by atoms with E-state index in [1.54, 1.807) is 17.0 Å². The number of carbonyl (C=O) groups excluding carboxylic acids is 2. The fourth-order valence-electron chi connectivity index (χ4n) is 3.15. The number of thiophene rings is 1. The van der Waals surface area contributed by atoms with Crippen molar-refractivity contribution in [2.45, 2.75) is 37.1 Å². The van der Waals surface area contributed by atoms with Crippen LogP contribution in [-0.2, 0) is 21.4 Å². The fourth-order valence-corrected chi connectivity index (χ4v) is 4.94. The van der Waals surface area contributed by atoms with Gasteiger partial charge in [0.05, 0.1) is 4.90 Å². The van der Waals surface area contributed by atoms with Crippen molar-refractivity contribution < 1.29 is 18.0 Å². The summed E-state index contributed by atoms with van der Waals surface area (Å²) in [5.74, 6) is -0.232. The Kier molecular flexibility index (Phi) is 7.40. The number of amides is 2. The fraction of sp³-hybridized carbons (Fsp3) is 0.400. The number of nitrogens with zero attached hydrogens (tertiary/aromatic N) is 1. The molecule has 9 heteroatoms. The molecule has 3 rings (SSSR count). The molecule has 1 saturated heterocycles. The predicted octanol–water partition coefficient (Wildman–Crippen LogP) is 2.36. The molecule has 2 amide bonds. The van der Waals surface area contributed by atoms with Gasteiger partial charge in [-0.1, -0.05) is 18.6 Å². The van der Waals surface area contributed by atoms with Crippen LogP contribution in [0.3, 0.4) is 0 Å². The first-order valence-electron chi connectivity index (χ1n) is 9.64. The average molecular weight is 436 g/mol. The van der Waals surface area contributed by atoms with Gasteiger partial charge in [-0.3, -0.25) is 9.59 Å². The van der Waals surface area contributed by atoms with E-state index in [9.17, 15) is 18.0 Å². The van der Waals surface area contributed by atoms with E-state index in [-0.39, 0.29) is 28.8 Å². The molecule has 0 saturated carbocycles. The molecule has 0 radical (unpaired) electrons. The van der Waals surface area contributed by atoms with Crippen LogP contribution in [0.5, 0.6) is 0 Å². The second-order valence-corrected chi connectivity index (χ2v) is 9.68. The van der Waals surface area contributed by atoms with Crippen LogP contribution in [0, 0.1) is 0 Å². The zero-order chi connectivity index (χ0) is 20.7. The van der Waals surface area contributed by atoms with E-state index in [4.69, 9.17) is 0 Å². The van der Waals surface area contributed by atoms with Crippen LogP contribution in [0.2, 0.25) is 0 Å². The molecule has 0 bridgehead atoms. The quantitative estimate of drug-likeness (QED) is 0.665. The van der Waals surface area contributed by atoms with Gasteiger partial charge in [-0.05, 0) is 42.5 Å². The normalized spacial score (nSPS) is 15.2. The minimum atomic E-state index is -3.72. The van der Waals surface area contributed by atoms with Crippen molar-refractivity contribution in [1.82, 2.24) is 14.9 Å². The lowest BCUT2D eigenvalue weighted by Gasteiger charge is -2.20. The summed E-state index contributed by atoms with van der Waals surface area (Å²) >= 11 is 1.47. The molecule has 1 aromatic carbocycles. The van der Waals surface area contributed by atoms with E-state index in [1.807, 2.05) is 17.5 Å². The SMILES string of the molecule is O=C(NCCN1CCCCCC1=O)c1cccc(S(=O)(=O)NCc2cccs2)c1. The average Bonchev–Trinajstić information content (AvgIpc) is 3.16. The Morgan fingerprint density at radius 2 is 2.00 bits per heavy atom. The van der Waals surface area contributed by atoms with E-state index in [0.29, 0.717) is 19.5 Å². The van der Waals surface area contributed by atoms with Crippen molar-refractivity contribution in [3.05, 3.63) is 52.2 Å². The third-order valence-corrected chi connectivity index (χ3v) is 7.04. The number of benzene rings is 1. The number of likely N-dealkylation sites (tertiary alicyclic amines) is 1. The monoisotopic (exact) mass is 435 g/mol. The van der Waals surface area contributed by atoms with Gasteiger partial charge in [0.15, 0.2) is 0 Å². The standard InChI is InChI=1S/C20H25N3O4S2/c24-19-9-2-1-3-11-23(19)12-10-21-20(25)16-6-4-8-18(14-16)29(26,27)22-15-17-7-5-13-28-17/h4-8,13-14,22H,1-3,9-12,15H2,(H,21,25). The second kappa shape index (κ2) is 10.00. The highest BCUT2D eigenvalue weighted by Gasteiger charge is 2.18. The summed E-state index contributed by atoms with van der Waals surface area (Å²) in [6.45, 7) is 1.72. The lowest BCUT2D eigenvalue weighted by Crippen LogP contribution is -2.38. The Morgan fingerprint density at radius 3 is 2.79 bits per heavy atom. The number of nitrogens with one attached hydrogen (secondary N) is 2. The Morgan fingerprint density at radius 1 is 1.14 bits per heavy atom. The molecule has 2 heterocycles. The molecule has 2 N–H and O–H groups in total. The number of hydrogen-bond donors (Lipinski definition) is 2. The minimum Gasteiger partial charge on any atom is -0.350 e. The van der Waals surface area contributed by atoms with Crippen LogP contribution in [0.1, 0.15) is 40.9 Å². The summed E-state index contributed by atoms with van der Waals surface area (Å²) in [5, 5.41) is 4.66.